The fraction of sp³-hybridized carbons (Fsp3) is 1.00. The van der Waals surface area contributed by atoms with Crippen molar-refractivity contribution in [3.05, 3.63) is 0 Å². The summed E-state index contributed by atoms with van der Waals surface area (Å²) in [5.74, 6) is 7.50. The van der Waals surface area contributed by atoms with Gasteiger partial charge >= 0.3 is 0 Å². The van der Waals surface area contributed by atoms with Crippen LogP contribution in [0.1, 0.15) is 32.1 Å². The van der Waals surface area contributed by atoms with E-state index >= 15 is 0 Å². The molecule has 0 radical (unpaired) electrons. The Morgan fingerprint density at radius 2 is 1.27 bits per heavy atom. The minimum atomic E-state index is 1.23. The summed E-state index contributed by atoms with van der Waals surface area (Å²) in [6, 6.07) is 0. The van der Waals surface area contributed by atoms with E-state index in [1.807, 2.05) is 0 Å². The van der Waals surface area contributed by atoms with Crippen LogP contribution >= 0.6 is 0 Å². The van der Waals surface area contributed by atoms with Crippen LogP contribution in [0.2, 0.25) is 0 Å². The van der Waals surface area contributed by atoms with Gasteiger partial charge in [0.05, 0.1) is 0 Å². The molecule has 5 fully saturated rings. The van der Waals surface area contributed by atoms with E-state index in [-0.39, 0.29) is 0 Å². The molecule has 5 aliphatic rings. The monoisotopic (exact) mass is 148 g/mol. The highest BCUT2D eigenvalue weighted by Crippen LogP contribution is 2.78. The normalized spacial score (nSPS) is 69.8. The SMILES string of the molecule is C1CC[C@H]2C3CC4[C@H]([C@H]42)[C@@H]3C1. The first-order valence-electron chi connectivity index (χ1n) is 5.47. The Hall–Kier alpha value is 0. The van der Waals surface area contributed by atoms with Crippen molar-refractivity contribution < 1.29 is 0 Å². The van der Waals surface area contributed by atoms with Crippen LogP contribution in [0.25, 0.3) is 0 Å². The van der Waals surface area contributed by atoms with Gasteiger partial charge in [-0.15, -0.1) is 0 Å². The lowest BCUT2D eigenvalue weighted by molar-refractivity contribution is 0.340. The second kappa shape index (κ2) is 1.53. The Balaban J connectivity index is 1.81. The average molecular weight is 148 g/mol. The Morgan fingerprint density at radius 3 is 1.82 bits per heavy atom. The van der Waals surface area contributed by atoms with Crippen LogP contribution in [0.15, 0.2) is 0 Å². The van der Waals surface area contributed by atoms with Gasteiger partial charge in [-0.3, -0.25) is 0 Å². The molecule has 0 heteroatoms. The van der Waals surface area contributed by atoms with Crippen molar-refractivity contribution >= 4 is 0 Å². The molecule has 2 unspecified atom stereocenters. The van der Waals surface area contributed by atoms with E-state index in [1.165, 1.54) is 35.5 Å². The van der Waals surface area contributed by atoms with E-state index in [2.05, 4.69) is 0 Å². The topological polar surface area (TPSA) is 0 Å². The molecule has 5 rings (SSSR count). The first kappa shape index (κ1) is 5.61. The molecule has 0 amide bonds. The zero-order valence-corrected chi connectivity index (χ0v) is 7.00. The van der Waals surface area contributed by atoms with Crippen molar-refractivity contribution in [1.82, 2.24) is 0 Å². The molecule has 0 nitrogen and oxygen atoms in total. The van der Waals surface area contributed by atoms with E-state index in [0.29, 0.717) is 0 Å². The predicted molar refractivity (Wildman–Crippen MR) is 44.0 cm³/mol. The summed E-state index contributed by atoms with van der Waals surface area (Å²) in [6.07, 6.45) is 8.00. The summed E-state index contributed by atoms with van der Waals surface area (Å²) in [5, 5.41) is 0. The van der Waals surface area contributed by atoms with Gasteiger partial charge < -0.3 is 0 Å². The van der Waals surface area contributed by atoms with E-state index in [4.69, 9.17) is 0 Å². The average Bonchev–Trinajstić information content (AvgIpc) is 2.27. The van der Waals surface area contributed by atoms with Crippen LogP contribution in [-0.4, -0.2) is 0 Å². The molecule has 0 aromatic heterocycles. The van der Waals surface area contributed by atoms with E-state index in [0.717, 1.165) is 0 Å². The van der Waals surface area contributed by atoms with Crippen molar-refractivity contribution in [2.24, 2.45) is 35.5 Å². The minimum absolute atomic E-state index is 1.23. The lowest BCUT2D eigenvalue weighted by Crippen LogP contribution is -2.08. The lowest BCUT2D eigenvalue weighted by Gasteiger charge is -2.14. The van der Waals surface area contributed by atoms with Crippen LogP contribution in [-0.2, 0) is 0 Å². The van der Waals surface area contributed by atoms with E-state index in [1.54, 1.807) is 32.1 Å². The zero-order valence-electron chi connectivity index (χ0n) is 7.00. The number of hydrogen-bond acceptors (Lipinski definition) is 0. The van der Waals surface area contributed by atoms with Crippen LogP contribution in [0, 0.1) is 35.5 Å². The van der Waals surface area contributed by atoms with Crippen molar-refractivity contribution in [3.63, 3.8) is 0 Å². The molecule has 5 saturated carbocycles. The van der Waals surface area contributed by atoms with Gasteiger partial charge in [0.1, 0.15) is 0 Å². The molecule has 11 heavy (non-hydrogen) atoms. The van der Waals surface area contributed by atoms with Crippen molar-refractivity contribution in [2.75, 3.05) is 0 Å². The predicted octanol–water partition coefficient (Wildman–Crippen LogP) is 2.69. The van der Waals surface area contributed by atoms with Crippen LogP contribution < -0.4 is 0 Å². The van der Waals surface area contributed by atoms with Gasteiger partial charge in [0.2, 0.25) is 0 Å². The largest absolute Gasteiger partial charge is 0.0530 e. The highest BCUT2D eigenvalue weighted by Gasteiger charge is 2.72. The molecule has 5 aliphatic carbocycles. The Labute approximate surface area is 68.4 Å². The molecule has 0 N–H and O–H groups in total. The fourth-order valence-corrected chi connectivity index (χ4v) is 5.07. The number of hydrogen-bond donors (Lipinski definition) is 0. The zero-order chi connectivity index (χ0) is 7.00. The van der Waals surface area contributed by atoms with Gasteiger partial charge in [-0.25, -0.2) is 0 Å². The first-order chi connectivity index (χ1) is 5.47. The molecule has 0 saturated heterocycles. The van der Waals surface area contributed by atoms with Gasteiger partial charge in [-0.05, 0) is 54.8 Å². The van der Waals surface area contributed by atoms with Crippen LogP contribution in [0.5, 0.6) is 0 Å². The number of rotatable bonds is 0. The van der Waals surface area contributed by atoms with Gasteiger partial charge in [-0.2, -0.15) is 0 Å². The minimum Gasteiger partial charge on any atom is -0.0530 e. The third-order valence-corrected chi connectivity index (χ3v) is 5.25. The van der Waals surface area contributed by atoms with Crippen molar-refractivity contribution in [1.29, 1.82) is 0 Å². The third kappa shape index (κ3) is 0.467. The van der Waals surface area contributed by atoms with Gasteiger partial charge in [0.25, 0.3) is 0 Å². The maximum Gasteiger partial charge on any atom is -0.0318 e. The molecule has 0 spiro atoms. The fourth-order valence-electron chi connectivity index (χ4n) is 5.07. The second-order valence-corrected chi connectivity index (χ2v) is 5.33. The van der Waals surface area contributed by atoms with Gasteiger partial charge in [0.15, 0.2) is 0 Å². The summed E-state index contributed by atoms with van der Waals surface area (Å²) in [6.45, 7) is 0. The Morgan fingerprint density at radius 1 is 0.636 bits per heavy atom. The summed E-state index contributed by atoms with van der Waals surface area (Å²) < 4.78 is 0. The van der Waals surface area contributed by atoms with Crippen LogP contribution in [0.4, 0.5) is 0 Å². The summed E-state index contributed by atoms with van der Waals surface area (Å²) >= 11 is 0. The van der Waals surface area contributed by atoms with E-state index in [9.17, 15) is 0 Å². The highest BCUT2D eigenvalue weighted by atomic mass is 14.8. The summed E-state index contributed by atoms with van der Waals surface area (Å²) in [5.41, 5.74) is 0. The maximum absolute atomic E-state index is 1.66. The third-order valence-electron chi connectivity index (χ3n) is 5.25. The first-order valence-corrected chi connectivity index (χ1v) is 5.47. The Kier molecular flexibility index (Phi) is 0.781. The standard InChI is InChI=1S/C11H16/c1-2-4-7-8-5-9-10(11(7)9)6(8)3-1/h6-11H,1-5H2/t6-,7+,8?,9?,10-,11+. The summed E-state index contributed by atoms with van der Waals surface area (Å²) in [4.78, 5) is 0. The molecule has 6 bridgehead atoms. The second-order valence-electron chi connectivity index (χ2n) is 5.33. The maximum atomic E-state index is 1.66. The van der Waals surface area contributed by atoms with Crippen LogP contribution in [0.3, 0.4) is 0 Å². The highest BCUT2D eigenvalue weighted by molar-refractivity contribution is 5.20. The molecular weight excluding hydrogens is 132 g/mol. The molecule has 0 aromatic carbocycles. The lowest BCUT2D eigenvalue weighted by atomic mass is 9.90. The Bertz CT molecular complexity index is 188. The van der Waals surface area contributed by atoms with Crippen molar-refractivity contribution in [3.8, 4) is 0 Å². The smallest absolute Gasteiger partial charge is 0.0318 e. The van der Waals surface area contributed by atoms with Gasteiger partial charge in [-0.1, -0.05) is 12.8 Å². The molecular formula is C11H16. The van der Waals surface area contributed by atoms with Crippen molar-refractivity contribution in [2.45, 2.75) is 32.1 Å². The van der Waals surface area contributed by atoms with Gasteiger partial charge in [0, 0.05) is 0 Å². The molecule has 0 heterocycles. The molecule has 6 atom stereocenters. The van der Waals surface area contributed by atoms with E-state index < -0.39 is 0 Å². The quantitative estimate of drug-likeness (QED) is 0.495. The molecule has 0 aliphatic heterocycles. The molecule has 60 valence electrons. The summed E-state index contributed by atoms with van der Waals surface area (Å²) in [7, 11) is 0. The molecule has 0 aromatic rings.